The van der Waals surface area contributed by atoms with Crippen molar-refractivity contribution >= 4 is 22.5 Å². The fourth-order valence-corrected chi connectivity index (χ4v) is 3.32. The Bertz CT molecular complexity index is 921. The number of nitrogens with one attached hydrogen (secondary N) is 1. The van der Waals surface area contributed by atoms with E-state index >= 15 is 0 Å². The second kappa shape index (κ2) is 4.47. The Kier molecular flexibility index (Phi) is 2.67. The number of carbonyl (C=O) groups is 1. The molecule has 3 nitrogen and oxygen atoms in total. The molecule has 3 aromatic rings. The highest BCUT2D eigenvalue weighted by Crippen LogP contribution is 2.38. The van der Waals surface area contributed by atoms with E-state index in [0.29, 0.717) is 0 Å². The third kappa shape index (κ3) is 1.78. The van der Waals surface area contributed by atoms with Crippen molar-refractivity contribution in [3.05, 3.63) is 53.6 Å². The van der Waals surface area contributed by atoms with E-state index in [1.54, 1.807) is 0 Å². The van der Waals surface area contributed by atoms with Crippen molar-refractivity contribution in [3.63, 3.8) is 0 Å². The van der Waals surface area contributed by atoms with Gasteiger partial charge in [0.2, 0.25) is 5.91 Å². The minimum absolute atomic E-state index is 0.0312. The van der Waals surface area contributed by atoms with Gasteiger partial charge in [-0.1, -0.05) is 23.8 Å². The van der Waals surface area contributed by atoms with Crippen LogP contribution in [0.2, 0.25) is 0 Å². The molecular formula is C19H18N2O. The molecule has 0 saturated heterocycles. The molecule has 1 aliphatic rings. The second-order valence-corrected chi connectivity index (χ2v) is 6.18. The van der Waals surface area contributed by atoms with E-state index in [-0.39, 0.29) is 11.9 Å². The summed E-state index contributed by atoms with van der Waals surface area (Å²) in [5, 5.41) is 4.25. The van der Waals surface area contributed by atoms with Crippen LogP contribution in [0.4, 0.5) is 5.69 Å². The molecule has 110 valence electrons. The van der Waals surface area contributed by atoms with E-state index in [0.717, 1.165) is 28.0 Å². The normalized spacial score (nSPS) is 16.9. The molecule has 0 bridgehead atoms. The zero-order chi connectivity index (χ0) is 15.4. The zero-order valence-electron chi connectivity index (χ0n) is 13.0. The standard InChI is InChI=1S/C19H18N2O/c1-11-5-7-17-14(8-11)10-18-15-6-4-12(2)9-16(15)20-19(22)13(3)21(17)18/h4-10,13H,1-3H3,(H,20,22). The average molecular weight is 290 g/mol. The van der Waals surface area contributed by atoms with Crippen molar-refractivity contribution in [3.8, 4) is 11.3 Å². The highest BCUT2D eigenvalue weighted by atomic mass is 16.2. The maximum atomic E-state index is 12.5. The van der Waals surface area contributed by atoms with Crippen LogP contribution in [-0.2, 0) is 4.79 Å². The lowest BCUT2D eigenvalue weighted by Crippen LogP contribution is -2.21. The lowest BCUT2D eigenvalue weighted by Gasteiger charge is -2.14. The summed E-state index contributed by atoms with van der Waals surface area (Å²) in [7, 11) is 0. The Balaban J connectivity index is 2.11. The largest absolute Gasteiger partial charge is 0.328 e. The van der Waals surface area contributed by atoms with Crippen LogP contribution < -0.4 is 5.32 Å². The minimum Gasteiger partial charge on any atom is -0.328 e. The first kappa shape index (κ1) is 13.1. The summed E-state index contributed by atoms with van der Waals surface area (Å²) < 4.78 is 2.14. The van der Waals surface area contributed by atoms with Gasteiger partial charge in [-0.25, -0.2) is 0 Å². The molecule has 0 saturated carbocycles. The Labute approximate surface area is 129 Å². The third-order valence-corrected chi connectivity index (χ3v) is 4.47. The average Bonchev–Trinajstić information content (AvgIpc) is 2.80. The molecule has 1 unspecified atom stereocenters. The van der Waals surface area contributed by atoms with Crippen LogP contribution in [0.5, 0.6) is 0 Å². The van der Waals surface area contributed by atoms with Gasteiger partial charge in [0.15, 0.2) is 0 Å². The Morgan fingerprint density at radius 3 is 2.55 bits per heavy atom. The Morgan fingerprint density at radius 2 is 1.73 bits per heavy atom. The number of fused-ring (bicyclic) bond motifs is 5. The van der Waals surface area contributed by atoms with Gasteiger partial charge in [-0.05, 0) is 50.6 Å². The van der Waals surface area contributed by atoms with Crippen LogP contribution in [0.3, 0.4) is 0 Å². The summed E-state index contributed by atoms with van der Waals surface area (Å²) in [6.45, 7) is 6.09. The number of anilines is 1. The predicted molar refractivity (Wildman–Crippen MR) is 90.2 cm³/mol. The van der Waals surface area contributed by atoms with Gasteiger partial charge in [0, 0.05) is 16.5 Å². The highest BCUT2D eigenvalue weighted by molar-refractivity contribution is 6.03. The number of aryl methyl sites for hydroxylation is 2. The van der Waals surface area contributed by atoms with Crippen LogP contribution in [0, 0.1) is 13.8 Å². The quantitative estimate of drug-likeness (QED) is 0.652. The fourth-order valence-electron chi connectivity index (χ4n) is 3.32. The molecule has 0 radical (unpaired) electrons. The van der Waals surface area contributed by atoms with Crippen molar-refractivity contribution in [2.75, 3.05) is 5.32 Å². The van der Waals surface area contributed by atoms with Crippen LogP contribution in [0.15, 0.2) is 42.5 Å². The molecular weight excluding hydrogens is 272 g/mol. The van der Waals surface area contributed by atoms with E-state index in [1.807, 2.05) is 19.9 Å². The summed E-state index contributed by atoms with van der Waals surface area (Å²) in [6.07, 6.45) is 0. The first-order chi connectivity index (χ1) is 10.5. The molecule has 2 aromatic carbocycles. The van der Waals surface area contributed by atoms with Gasteiger partial charge in [-0.2, -0.15) is 0 Å². The molecule has 0 spiro atoms. The van der Waals surface area contributed by atoms with Gasteiger partial charge < -0.3 is 9.88 Å². The van der Waals surface area contributed by atoms with Gasteiger partial charge in [0.1, 0.15) is 6.04 Å². The number of hydrogen-bond acceptors (Lipinski definition) is 1. The van der Waals surface area contributed by atoms with E-state index in [1.165, 1.54) is 10.9 Å². The van der Waals surface area contributed by atoms with Crippen molar-refractivity contribution in [1.29, 1.82) is 0 Å². The predicted octanol–water partition coefficient (Wildman–Crippen LogP) is 4.44. The fraction of sp³-hybridized carbons (Fsp3) is 0.211. The van der Waals surface area contributed by atoms with E-state index in [4.69, 9.17) is 0 Å². The van der Waals surface area contributed by atoms with Crippen LogP contribution in [-0.4, -0.2) is 10.5 Å². The molecule has 2 heterocycles. The van der Waals surface area contributed by atoms with Gasteiger partial charge in [0.25, 0.3) is 0 Å². The number of carbonyl (C=O) groups excluding carboxylic acids is 1. The van der Waals surface area contributed by atoms with E-state index < -0.39 is 0 Å². The van der Waals surface area contributed by atoms with Crippen LogP contribution in [0.1, 0.15) is 24.1 Å². The molecule has 1 N–H and O–H groups in total. The highest BCUT2D eigenvalue weighted by Gasteiger charge is 2.26. The number of rotatable bonds is 0. The molecule has 1 atom stereocenters. The molecule has 3 heteroatoms. The molecule has 1 aliphatic heterocycles. The van der Waals surface area contributed by atoms with Crippen molar-refractivity contribution < 1.29 is 4.79 Å². The summed E-state index contributed by atoms with van der Waals surface area (Å²) in [6, 6.07) is 14.6. The van der Waals surface area contributed by atoms with Gasteiger partial charge in [0.05, 0.1) is 11.4 Å². The third-order valence-electron chi connectivity index (χ3n) is 4.47. The molecule has 0 aliphatic carbocycles. The molecule has 22 heavy (non-hydrogen) atoms. The number of aromatic nitrogens is 1. The van der Waals surface area contributed by atoms with Crippen molar-refractivity contribution in [2.24, 2.45) is 0 Å². The Morgan fingerprint density at radius 1 is 1.00 bits per heavy atom. The first-order valence-corrected chi connectivity index (χ1v) is 7.58. The molecule has 4 rings (SSSR count). The summed E-state index contributed by atoms with van der Waals surface area (Å²) in [5.41, 5.74) is 6.56. The lowest BCUT2D eigenvalue weighted by molar-refractivity contribution is -0.118. The number of benzene rings is 2. The zero-order valence-corrected chi connectivity index (χ0v) is 13.0. The summed E-state index contributed by atoms with van der Waals surface area (Å²) >= 11 is 0. The smallest absolute Gasteiger partial charge is 0.247 e. The van der Waals surface area contributed by atoms with Gasteiger partial charge >= 0.3 is 0 Å². The van der Waals surface area contributed by atoms with Crippen LogP contribution >= 0.6 is 0 Å². The molecule has 1 amide bonds. The lowest BCUT2D eigenvalue weighted by atomic mass is 10.1. The number of hydrogen-bond donors (Lipinski definition) is 1. The van der Waals surface area contributed by atoms with Crippen LogP contribution in [0.25, 0.3) is 22.2 Å². The second-order valence-electron chi connectivity index (χ2n) is 6.18. The first-order valence-electron chi connectivity index (χ1n) is 7.58. The monoisotopic (exact) mass is 290 g/mol. The van der Waals surface area contributed by atoms with Crippen molar-refractivity contribution in [2.45, 2.75) is 26.8 Å². The summed E-state index contributed by atoms with van der Waals surface area (Å²) in [5.74, 6) is 0.0312. The Hall–Kier alpha value is -2.55. The SMILES string of the molecule is Cc1ccc2c(c1)NC(=O)C(C)n1c-2cc2cc(C)ccc21. The van der Waals surface area contributed by atoms with Crippen molar-refractivity contribution in [1.82, 2.24) is 4.57 Å². The van der Waals surface area contributed by atoms with E-state index in [2.05, 4.69) is 53.2 Å². The van der Waals surface area contributed by atoms with Gasteiger partial charge in [-0.15, -0.1) is 0 Å². The maximum Gasteiger partial charge on any atom is 0.247 e. The minimum atomic E-state index is -0.233. The number of nitrogens with zero attached hydrogens (tertiary/aromatic N) is 1. The summed E-state index contributed by atoms with van der Waals surface area (Å²) in [4.78, 5) is 12.5. The molecule has 0 fully saturated rings. The maximum absolute atomic E-state index is 12.5. The topological polar surface area (TPSA) is 34.0 Å². The van der Waals surface area contributed by atoms with E-state index in [9.17, 15) is 4.79 Å². The number of amides is 1. The molecule has 1 aromatic heterocycles. The van der Waals surface area contributed by atoms with Gasteiger partial charge in [-0.3, -0.25) is 4.79 Å².